The van der Waals surface area contributed by atoms with Crippen molar-refractivity contribution in [1.29, 1.82) is 0 Å². The first-order valence-electron chi connectivity index (χ1n) is 36.3. The van der Waals surface area contributed by atoms with Crippen molar-refractivity contribution in [3.05, 3.63) is 174 Å². The number of carbonyl (C=O) groups excluding carboxylic acids is 7. The van der Waals surface area contributed by atoms with Crippen LogP contribution in [0.5, 0.6) is 0 Å². The molecule has 0 bridgehead atoms. The van der Waals surface area contributed by atoms with E-state index in [-0.39, 0.29) is 92.1 Å². The molecule has 5 aromatic carbocycles. The van der Waals surface area contributed by atoms with Crippen molar-refractivity contribution in [3.63, 3.8) is 0 Å². The highest BCUT2D eigenvalue weighted by atomic mass is 79.9. The van der Waals surface area contributed by atoms with Gasteiger partial charge in [0.2, 0.25) is 0 Å². The average molecular weight is 1880 g/mol. The predicted octanol–water partition coefficient (Wildman–Crippen LogP) is 20.3. The summed E-state index contributed by atoms with van der Waals surface area (Å²) in [5, 5.41) is 12.2. The molecule has 0 atom stereocenters. The van der Waals surface area contributed by atoms with Crippen LogP contribution in [-0.2, 0) is 111 Å². The summed E-state index contributed by atoms with van der Waals surface area (Å²) in [6.07, 6.45) is 13.2. The summed E-state index contributed by atoms with van der Waals surface area (Å²) >= 11 is 13.3. The van der Waals surface area contributed by atoms with Crippen LogP contribution in [-0.4, -0.2) is 128 Å². The highest BCUT2D eigenvalue weighted by Crippen LogP contribution is 2.49. The molecule has 24 nitrogen and oxygen atoms in total. The third-order valence-corrected chi connectivity index (χ3v) is 22.4. The summed E-state index contributed by atoms with van der Waals surface area (Å²) < 4.78 is 90.6. The quantitative estimate of drug-likeness (QED) is 0.0183. The van der Waals surface area contributed by atoms with Gasteiger partial charge in [0.15, 0.2) is 23.1 Å². The fourth-order valence-corrected chi connectivity index (χ4v) is 16.1. The number of benzene rings is 5. The van der Waals surface area contributed by atoms with E-state index < -0.39 is 46.6 Å². The number of Topliss-reactive ketones (excluding diaryl/α,β-unsaturated/α-hetero) is 4. The van der Waals surface area contributed by atoms with E-state index >= 15 is 0 Å². The van der Waals surface area contributed by atoms with Crippen molar-refractivity contribution < 1.29 is 98.5 Å². The van der Waals surface area contributed by atoms with Gasteiger partial charge in [-0.05, 0) is 227 Å². The van der Waals surface area contributed by atoms with Crippen molar-refractivity contribution in [3.8, 4) is 0 Å². The molecule has 0 saturated heterocycles. The summed E-state index contributed by atoms with van der Waals surface area (Å²) in [4.78, 5) is 92.7. The fraction of sp³-hybridized carbons (Fsp3) is 0.415. The van der Waals surface area contributed by atoms with Crippen molar-refractivity contribution in [2.24, 2.45) is 0 Å². The molecule has 0 saturated carbocycles. The lowest BCUT2D eigenvalue weighted by atomic mass is 10.0. The number of nitrogens with zero attached hydrogens (tertiary/aromatic N) is 3. The molecule has 31 heteroatoms. The van der Waals surface area contributed by atoms with Gasteiger partial charge < -0.3 is 51.1 Å². The molecule has 1 N–H and O–H groups in total. The Morgan fingerprint density at radius 2 is 0.823 bits per heavy atom. The number of aliphatic carboxylic acids is 1. The van der Waals surface area contributed by atoms with Gasteiger partial charge in [0.1, 0.15) is 55.0 Å². The zero-order valence-corrected chi connectivity index (χ0v) is 76.4. The average Bonchev–Trinajstić information content (AvgIpc) is 1.68. The number of aromatic nitrogens is 3. The monoisotopic (exact) mass is 1870 g/mol. The number of rotatable bonds is 25. The van der Waals surface area contributed by atoms with Crippen molar-refractivity contribution in [2.75, 3.05) is 45.0 Å². The smallest absolute Gasteiger partial charge is 0.480 e. The number of ether oxygens (including phenoxy) is 3. The maximum absolute atomic E-state index is 13.1. The lowest BCUT2D eigenvalue weighted by molar-refractivity contribution is -0.156. The van der Waals surface area contributed by atoms with E-state index in [4.69, 9.17) is 37.4 Å². The Morgan fingerprint density at radius 1 is 0.460 bits per heavy atom. The molecule has 10 rings (SSSR count). The normalized spacial score (nSPS) is 12.1. The molecular formula is C82H103Br4N3O21P3+. The lowest BCUT2D eigenvalue weighted by Crippen LogP contribution is -2.26. The van der Waals surface area contributed by atoms with Crippen LogP contribution in [0.2, 0.25) is 0 Å². The minimum Gasteiger partial charge on any atom is -0.480 e. The molecule has 3 heterocycles. The summed E-state index contributed by atoms with van der Waals surface area (Å²) in [6, 6.07) is 27.9. The van der Waals surface area contributed by atoms with Gasteiger partial charge in [-0.2, -0.15) is 0 Å². The Morgan fingerprint density at radius 3 is 1.19 bits per heavy atom. The van der Waals surface area contributed by atoms with Crippen LogP contribution in [0.3, 0.4) is 0 Å². The van der Waals surface area contributed by atoms with Crippen LogP contribution >= 0.6 is 87.2 Å². The number of esters is 3. The molecule has 0 radical (unpaired) electrons. The van der Waals surface area contributed by atoms with Gasteiger partial charge in [-0.3, -0.25) is 47.5 Å². The zero-order valence-electron chi connectivity index (χ0n) is 67.4. The number of allylic oxidation sites excluding steroid dienone is 3. The number of carboxylic acids is 1. The number of carboxylic acid groups (broad SMARTS) is 1. The Labute approximate surface area is 696 Å². The van der Waals surface area contributed by atoms with Crippen LogP contribution in [0, 0.1) is 0 Å². The molecule has 8 aromatic rings. The first-order chi connectivity index (χ1) is 52.8. The summed E-state index contributed by atoms with van der Waals surface area (Å²) in [6.45, 7) is 34.3. The van der Waals surface area contributed by atoms with E-state index in [1.807, 2.05) is 78.0 Å². The standard InChI is InChI=1S/C20H28NO6P.C16H18BrNO3.C16H20NO6P.C11H9BrO.C9H7Br.C6H11BrO2.C4H10O3P/c1-7-25-28(24,26-8-2)15-9-10-16-17(14(3)22)12-21(18(16)11-15)13-19(23)27-20(4,5)6;1-10(19)13-8-18(9-15(20)21-16(2,3)4)14-7-11(17)5-6-12(13)14;1-4-22-24(21,23-5-2)12-6-7-13-14(11(3)18)9-17(10-16(19)20)15(13)8-12;1-7(13)10-4-2-8-6-9(12)3-5-11(8)10;10-9-5-4-7-2-1-3-8(7)6-9;1-6(2,3)9-5(8)4-7;1-3-6-8(5)7-4-2/h9-12H,7-8,13H2,1-6H3;5-8H,9H2,1-4H3;6-9H,4-5,10H2,1-3H3,(H,19,20);3-6H,2H2,1H3;1-2,4-6H,3H2;4H2,1-3H3;3-4H2,1-2H3/q;;;;;;+1. The maximum Gasteiger partial charge on any atom is 0.697 e. The minimum atomic E-state index is -3.49. The highest BCUT2D eigenvalue weighted by Gasteiger charge is 2.31. The lowest BCUT2D eigenvalue weighted by Gasteiger charge is -2.20. The maximum atomic E-state index is 13.1. The molecule has 0 fully saturated rings. The van der Waals surface area contributed by atoms with E-state index in [0.717, 1.165) is 43.8 Å². The highest BCUT2D eigenvalue weighted by molar-refractivity contribution is 9.11. The molecule has 0 aliphatic heterocycles. The van der Waals surface area contributed by atoms with E-state index in [0.29, 0.717) is 62.3 Å². The van der Waals surface area contributed by atoms with Crippen molar-refractivity contribution in [2.45, 2.75) is 181 Å². The second-order valence-electron chi connectivity index (χ2n) is 27.9. The van der Waals surface area contributed by atoms with E-state index in [1.54, 1.807) is 127 Å². The summed E-state index contributed by atoms with van der Waals surface area (Å²) in [5.41, 5.74) is 7.92. The first kappa shape index (κ1) is 98.4. The largest absolute Gasteiger partial charge is 0.697 e. The third-order valence-electron chi connectivity index (χ3n) is 15.3. The number of carbonyl (C=O) groups is 8. The van der Waals surface area contributed by atoms with Gasteiger partial charge in [0, 0.05) is 75.0 Å². The van der Waals surface area contributed by atoms with Gasteiger partial charge in [-0.15, -0.1) is 9.05 Å². The van der Waals surface area contributed by atoms with Gasteiger partial charge in [-0.25, -0.2) is 0 Å². The summed E-state index contributed by atoms with van der Waals surface area (Å²) in [7, 11) is -8.81. The Balaban J connectivity index is 0.000000290. The van der Waals surface area contributed by atoms with Crippen molar-refractivity contribution >= 4 is 189 Å². The third kappa shape index (κ3) is 31.5. The molecule has 113 heavy (non-hydrogen) atoms. The number of fused-ring (bicyclic) bond motifs is 5. The van der Waals surface area contributed by atoms with E-state index in [9.17, 15) is 52.1 Å². The SMILES string of the molecule is Brc1ccc2c(c1)CC=C2.CC(=O)C1=CCc2cc(Br)ccc21.CC(=O)c1cn(CC(=O)OC(C)(C)C)c2cc(Br)ccc12.CC(C)(C)OC(=O)CBr.CCOP(=O)(OCC)c1ccc2c(C(C)=O)cn(CC(=O)O)c2c1.CCOP(=O)(OCC)c1ccc2c(C(C)=O)cn(CC(=O)OC(C)(C)C)c2c1.CCO[P+](=O)OCC. The molecule has 0 spiro atoms. The summed E-state index contributed by atoms with van der Waals surface area (Å²) in [5.74, 6) is -2.18. The number of hydrogen-bond acceptors (Lipinski definition) is 20. The van der Waals surface area contributed by atoms with Gasteiger partial charge in [0.25, 0.3) is 0 Å². The van der Waals surface area contributed by atoms with Crippen LogP contribution < -0.4 is 10.6 Å². The van der Waals surface area contributed by atoms with E-state index in [2.05, 4.69) is 109 Å². The molecule has 2 aliphatic carbocycles. The van der Waals surface area contributed by atoms with Crippen LogP contribution in [0.4, 0.5) is 0 Å². The first-order valence-corrected chi connectivity index (χ1v) is 44.0. The predicted molar refractivity (Wildman–Crippen MR) is 458 cm³/mol. The van der Waals surface area contributed by atoms with Crippen LogP contribution in [0.1, 0.15) is 185 Å². The second-order valence-corrected chi connectivity index (χ2v) is 36.2. The van der Waals surface area contributed by atoms with Gasteiger partial charge in [0.05, 0.1) is 53.6 Å². The molecular weight excluding hydrogens is 1780 g/mol. The van der Waals surface area contributed by atoms with Crippen LogP contribution in [0.25, 0.3) is 44.4 Å². The van der Waals surface area contributed by atoms with E-state index in [1.165, 1.54) is 52.7 Å². The van der Waals surface area contributed by atoms with Crippen LogP contribution in [0.15, 0.2) is 135 Å². The molecule has 614 valence electrons. The number of hydrogen-bond donors (Lipinski definition) is 1. The Kier molecular flexibility index (Phi) is 39.6. The molecule has 0 amide bonds. The Bertz CT molecular complexity index is 4850. The Hall–Kier alpha value is -7.00. The molecule has 2 aliphatic rings. The number of alkyl halides is 1. The van der Waals surface area contributed by atoms with Gasteiger partial charge in [-0.1, -0.05) is 112 Å². The molecule has 3 aromatic heterocycles. The topological polar surface area (TPSA) is 306 Å². The second kappa shape index (κ2) is 45.5. The van der Waals surface area contributed by atoms with Gasteiger partial charge >= 0.3 is 47.3 Å². The number of ketones is 4. The zero-order chi connectivity index (χ0) is 85.1. The van der Waals surface area contributed by atoms with Crippen molar-refractivity contribution in [1.82, 2.24) is 13.7 Å². The molecule has 0 unspecified atom stereocenters. The number of halogens is 4. The fourth-order valence-electron chi connectivity index (χ4n) is 11.1. The minimum absolute atomic E-state index is 0.0229.